The maximum Gasteiger partial charge on any atom is 0.411 e. The van der Waals surface area contributed by atoms with Crippen molar-refractivity contribution in [1.29, 1.82) is 0 Å². The molecule has 0 fully saturated rings. The summed E-state index contributed by atoms with van der Waals surface area (Å²) in [6.07, 6.45) is 2.17. The lowest BCUT2D eigenvalue weighted by molar-refractivity contribution is -0.0498. The predicted molar refractivity (Wildman–Crippen MR) is 121 cm³/mol. The third kappa shape index (κ3) is 9.09. The fourth-order valence-electron chi connectivity index (χ4n) is 2.14. The first-order chi connectivity index (χ1) is 14.3. The molecule has 0 radical (unpaired) electrons. The summed E-state index contributed by atoms with van der Waals surface area (Å²) in [7, 11) is 5.60. The number of methoxy groups -OCH3 is 1. The van der Waals surface area contributed by atoms with Gasteiger partial charge in [0.05, 0.1) is 12.8 Å². The van der Waals surface area contributed by atoms with Crippen LogP contribution < -0.4 is 15.4 Å². The molecule has 0 saturated heterocycles. The van der Waals surface area contributed by atoms with Gasteiger partial charge in [-0.3, -0.25) is 10.3 Å². The number of hydrogen-bond donors (Lipinski definition) is 1. The van der Waals surface area contributed by atoms with Gasteiger partial charge in [-0.1, -0.05) is 24.6 Å². The van der Waals surface area contributed by atoms with Gasteiger partial charge in [-0.25, -0.2) is 9.79 Å². The normalized spacial score (nSPS) is 11.1. The lowest BCUT2D eigenvalue weighted by Gasteiger charge is -2.09. The molecule has 2 aromatic rings. The Morgan fingerprint density at radius 1 is 1.23 bits per heavy atom. The quantitative estimate of drug-likeness (QED) is 0.414. The highest BCUT2D eigenvalue weighted by Crippen LogP contribution is 2.14. The van der Waals surface area contributed by atoms with Crippen molar-refractivity contribution < 1.29 is 23.0 Å². The van der Waals surface area contributed by atoms with E-state index in [2.05, 4.69) is 34.0 Å². The maximum absolute atomic E-state index is 11.6. The number of ether oxygens (including phenoxy) is 2. The van der Waals surface area contributed by atoms with Crippen LogP contribution in [0.25, 0.3) is 0 Å². The average Bonchev–Trinajstić information content (AvgIpc) is 2.72. The molecule has 0 aliphatic heterocycles. The number of carbonyl (C=O) groups is 1. The first kappa shape index (κ1) is 25.2. The van der Waals surface area contributed by atoms with E-state index in [0.717, 1.165) is 22.9 Å². The summed E-state index contributed by atoms with van der Waals surface area (Å²) in [5.74, 6) is 0.862. The minimum absolute atomic E-state index is 0.200. The SMILES string of the molecule is CCC=NC(=NC)c1ccc(NC(=O)OC)c(P)c1.Cc1ccc(OC(F)F)cc1. The summed E-state index contributed by atoms with van der Waals surface area (Å²) >= 11 is 0. The van der Waals surface area contributed by atoms with Crippen LogP contribution in [0.15, 0.2) is 52.4 Å². The fraction of sp³-hybridized carbons (Fsp3) is 0.286. The van der Waals surface area contributed by atoms with Crippen LogP contribution in [0.4, 0.5) is 19.3 Å². The molecule has 0 aromatic heterocycles. The molecule has 1 unspecified atom stereocenters. The summed E-state index contributed by atoms with van der Waals surface area (Å²) in [6, 6.07) is 12.0. The van der Waals surface area contributed by atoms with Crippen LogP contribution >= 0.6 is 9.24 Å². The van der Waals surface area contributed by atoms with Gasteiger partial charge in [-0.05, 0) is 49.0 Å². The van der Waals surface area contributed by atoms with E-state index >= 15 is 0 Å². The van der Waals surface area contributed by atoms with Gasteiger partial charge in [-0.2, -0.15) is 8.78 Å². The number of benzene rings is 2. The van der Waals surface area contributed by atoms with Crippen molar-refractivity contribution in [3.05, 3.63) is 53.6 Å². The van der Waals surface area contributed by atoms with Crippen molar-refractivity contribution in [1.82, 2.24) is 0 Å². The number of aryl methyl sites for hydroxylation is 1. The molecule has 0 heterocycles. The zero-order chi connectivity index (χ0) is 22.5. The summed E-state index contributed by atoms with van der Waals surface area (Å²) in [5.41, 5.74) is 2.59. The van der Waals surface area contributed by atoms with E-state index in [9.17, 15) is 13.6 Å². The molecule has 2 rings (SSSR count). The van der Waals surface area contributed by atoms with Crippen molar-refractivity contribution in [2.75, 3.05) is 19.5 Å². The summed E-state index contributed by atoms with van der Waals surface area (Å²) in [5, 5.41) is 3.47. The highest BCUT2D eigenvalue weighted by molar-refractivity contribution is 7.28. The third-order valence-electron chi connectivity index (χ3n) is 3.59. The Morgan fingerprint density at radius 2 is 1.90 bits per heavy atom. The van der Waals surface area contributed by atoms with E-state index < -0.39 is 12.7 Å². The molecule has 30 heavy (non-hydrogen) atoms. The molecule has 0 bridgehead atoms. The number of amidine groups is 1. The van der Waals surface area contributed by atoms with Crippen LogP contribution in [0.1, 0.15) is 24.5 Å². The Morgan fingerprint density at radius 3 is 2.40 bits per heavy atom. The van der Waals surface area contributed by atoms with Crippen molar-refractivity contribution in [2.45, 2.75) is 26.9 Å². The predicted octanol–water partition coefficient (Wildman–Crippen LogP) is 4.82. The van der Waals surface area contributed by atoms with E-state index in [0.29, 0.717) is 11.5 Å². The number of hydrogen-bond acceptors (Lipinski definition) is 4. The van der Waals surface area contributed by atoms with Gasteiger partial charge < -0.3 is 9.47 Å². The van der Waals surface area contributed by atoms with Crippen LogP contribution in [-0.4, -0.2) is 38.9 Å². The van der Waals surface area contributed by atoms with Crippen LogP contribution in [0.2, 0.25) is 0 Å². The number of alkyl halides is 2. The Bertz CT molecular complexity index is 872. The van der Waals surface area contributed by atoms with Crippen LogP contribution in [0.5, 0.6) is 5.75 Å². The van der Waals surface area contributed by atoms with Crippen LogP contribution in [0, 0.1) is 6.92 Å². The molecular formula is C21H26F2N3O3P. The van der Waals surface area contributed by atoms with E-state index in [1.807, 2.05) is 32.2 Å². The molecular weight excluding hydrogens is 411 g/mol. The fourth-order valence-corrected chi connectivity index (χ4v) is 2.48. The topological polar surface area (TPSA) is 72.3 Å². The monoisotopic (exact) mass is 437 g/mol. The minimum atomic E-state index is -2.74. The second-order valence-electron chi connectivity index (χ2n) is 5.88. The van der Waals surface area contributed by atoms with Gasteiger partial charge in [0.1, 0.15) is 5.75 Å². The molecule has 0 spiro atoms. The molecule has 1 amide bonds. The molecule has 6 nitrogen and oxygen atoms in total. The number of nitrogens with one attached hydrogen (secondary N) is 1. The number of rotatable bonds is 5. The van der Waals surface area contributed by atoms with Crippen LogP contribution in [0.3, 0.4) is 0 Å². The Hall–Kier alpha value is -2.86. The lowest BCUT2D eigenvalue weighted by atomic mass is 10.2. The third-order valence-corrected chi connectivity index (χ3v) is 4.06. The number of halogens is 2. The molecule has 162 valence electrons. The second-order valence-corrected chi connectivity index (χ2v) is 6.50. The molecule has 0 aliphatic carbocycles. The Balaban J connectivity index is 0.000000346. The highest BCUT2D eigenvalue weighted by atomic mass is 31.0. The summed E-state index contributed by atoms with van der Waals surface area (Å²) in [6.45, 7) is 1.16. The van der Waals surface area contributed by atoms with Crippen LogP contribution in [-0.2, 0) is 4.74 Å². The first-order valence-electron chi connectivity index (χ1n) is 9.06. The van der Waals surface area contributed by atoms with Gasteiger partial charge in [0.15, 0.2) is 5.84 Å². The van der Waals surface area contributed by atoms with Crippen molar-refractivity contribution in [2.24, 2.45) is 9.98 Å². The largest absolute Gasteiger partial charge is 0.453 e. The number of anilines is 1. The molecule has 0 aliphatic rings. The molecule has 1 atom stereocenters. The van der Waals surface area contributed by atoms with E-state index in [1.54, 1.807) is 25.2 Å². The molecule has 9 heteroatoms. The standard InChI is InChI=1S/C13H18N3O2P.C8H8F2O/c1-4-7-15-12(14-2)9-5-6-10(11(19)8-9)16-13(17)18-3;1-6-2-4-7(5-3-6)11-8(9)10/h5-8H,4,19H2,1-3H3,(H,16,17);2-5,8H,1H3. The van der Waals surface area contributed by atoms with E-state index in [1.165, 1.54) is 19.2 Å². The first-order valence-corrected chi connectivity index (χ1v) is 9.64. The molecule has 0 saturated carbocycles. The lowest BCUT2D eigenvalue weighted by Crippen LogP contribution is -2.16. The van der Waals surface area contributed by atoms with Gasteiger partial charge >= 0.3 is 12.7 Å². The zero-order valence-corrected chi connectivity index (χ0v) is 18.5. The number of carbonyl (C=O) groups excluding carboxylic acids is 1. The van der Waals surface area contributed by atoms with Gasteiger partial charge in [0.25, 0.3) is 0 Å². The second kappa shape index (κ2) is 13.4. The number of amides is 1. The van der Waals surface area contributed by atoms with Gasteiger partial charge in [-0.15, -0.1) is 9.24 Å². The maximum atomic E-state index is 11.6. The van der Waals surface area contributed by atoms with E-state index in [-0.39, 0.29) is 5.75 Å². The molecule has 2 aromatic carbocycles. The zero-order valence-electron chi connectivity index (χ0n) is 17.4. The number of aliphatic imine (C=N–C) groups is 2. The van der Waals surface area contributed by atoms with Gasteiger partial charge in [0.2, 0.25) is 0 Å². The summed E-state index contributed by atoms with van der Waals surface area (Å²) < 4.78 is 31.9. The van der Waals surface area contributed by atoms with Gasteiger partial charge in [0, 0.05) is 18.8 Å². The van der Waals surface area contributed by atoms with Crippen molar-refractivity contribution in [3.63, 3.8) is 0 Å². The van der Waals surface area contributed by atoms with Crippen molar-refractivity contribution in [3.8, 4) is 5.75 Å². The minimum Gasteiger partial charge on any atom is -0.453 e. The Labute approximate surface area is 177 Å². The summed E-state index contributed by atoms with van der Waals surface area (Å²) in [4.78, 5) is 19.6. The van der Waals surface area contributed by atoms with Crippen molar-refractivity contribution >= 4 is 38.4 Å². The Kier molecular flexibility index (Phi) is 11.2. The van der Waals surface area contributed by atoms with E-state index in [4.69, 9.17) is 0 Å². The smallest absolute Gasteiger partial charge is 0.411 e. The number of nitrogens with zero attached hydrogens (tertiary/aromatic N) is 2. The highest BCUT2D eigenvalue weighted by Gasteiger charge is 2.07. The average molecular weight is 437 g/mol. The molecule has 1 N–H and O–H groups in total.